The second kappa shape index (κ2) is 8.41. The highest BCUT2D eigenvalue weighted by Gasteiger charge is 2.18. The standard InChI is InChI=1S/C18H24Br3N7/c1-10-16(19)13(4)26(22-10)7-25(8-27-14(5)17(20)11(2)23-27)9-28-15(6)18(21)12(3)24-28/h7-9H2,1-6H3. The van der Waals surface area contributed by atoms with E-state index >= 15 is 0 Å². The predicted octanol–water partition coefficient (Wildman–Crippen LogP) is 4.99. The molecule has 0 unspecified atom stereocenters. The van der Waals surface area contributed by atoms with Crippen LogP contribution in [0.4, 0.5) is 0 Å². The van der Waals surface area contributed by atoms with Crippen LogP contribution in [0.5, 0.6) is 0 Å². The maximum Gasteiger partial charge on any atom is 0.0962 e. The molecule has 7 nitrogen and oxygen atoms in total. The molecule has 0 saturated heterocycles. The first-order valence-corrected chi connectivity index (χ1v) is 11.3. The van der Waals surface area contributed by atoms with Gasteiger partial charge in [0.1, 0.15) is 0 Å². The van der Waals surface area contributed by atoms with Crippen LogP contribution < -0.4 is 0 Å². The highest BCUT2D eigenvalue weighted by Crippen LogP contribution is 2.24. The lowest BCUT2D eigenvalue weighted by atomic mass is 10.4. The van der Waals surface area contributed by atoms with Gasteiger partial charge in [-0.2, -0.15) is 15.3 Å². The maximum atomic E-state index is 4.67. The molecule has 0 saturated carbocycles. The van der Waals surface area contributed by atoms with Crippen LogP contribution in [-0.4, -0.2) is 34.2 Å². The van der Waals surface area contributed by atoms with Crippen molar-refractivity contribution in [1.82, 2.24) is 34.2 Å². The van der Waals surface area contributed by atoms with Gasteiger partial charge in [-0.3, -0.25) is 14.0 Å². The van der Waals surface area contributed by atoms with Gasteiger partial charge in [-0.25, -0.2) is 4.90 Å². The van der Waals surface area contributed by atoms with Crippen molar-refractivity contribution in [2.24, 2.45) is 0 Å². The van der Waals surface area contributed by atoms with Crippen molar-refractivity contribution in [1.29, 1.82) is 0 Å². The lowest BCUT2D eigenvalue weighted by Gasteiger charge is -2.24. The summed E-state index contributed by atoms with van der Waals surface area (Å²) in [5, 5.41) is 14.0. The summed E-state index contributed by atoms with van der Waals surface area (Å²) in [7, 11) is 0. The minimum absolute atomic E-state index is 0.629. The lowest BCUT2D eigenvalue weighted by molar-refractivity contribution is 0.103. The normalized spacial score (nSPS) is 11.8. The van der Waals surface area contributed by atoms with Crippen LogP contribution in [0, 0.1) is 41.5 Å². The van der Waals surface area contributed by atoms with Crippen molar-refractivity contribution < 1.29 is 0 Å². The number of hydrogen-bond acceptors (Lipinski definition) is 4. The predicted molar refractivity (Wildman–Crippen MR) is 120 cm³/mol. The molecule has 0 spiro atoms. The molecule has 10 heteroatoms. The average Bonchev–Trinajstić information content (AvgIpc) is 3.14. The molecular weight excluding hydrogens is 554 g/mol. The molecular formula is C18H24Br3N7. The average molecular weight is 578 g/mol. The van der Waals surface area contributed by atoms with Crippen molar-refractivity contribution in [3.8, 4) is 0 Å². The van der Waals surface area contributed by atoms with Crippen LogP contribution in [-0.2, 0) is 20.0 Å². The molecule has 0 amide bonds. The third kappa shape index (κ3) is 4.15. The summed E-state index contributed by atoms with van der Waals surface area (Å²) in [6.07, 6.45) is 0. The van der Waals surface area contributed by atoms with Gasteiger partial charge in [0.2, 0.25) is 0 Å². The molecule has 0 aliphatic carbocycles. The third-order valence-electron chi connectivity index (χ3n) is 4.88. The monoisotopic (exact) mass is 575 g/mol. The maximum absolute atomic E-state index is 4.67. The van der Waals surface area contributed by atoms with E-state index in [1.165, 1.54) is 0 Å². The summed E-state index contributed by atoms with van der Waals surface area (Å²) in [5.41, 5.74) is 6.27. The minimum Gasteiger partial charge on any atom is -0.254 e. The van der Waals surface area contributed by atoms with Crippen LogP contribution in [0.2, 0.25) is 0 Å². The Morgan fingerprint density at radius 1 is 0.571 bits per heavy atom. The molecule has 0 fully saturated rings. The third-order valence-corrected chi connectivity index (χ3v) is 8.32. The molecule has 3 heterocycles. The zero-order valence-corrected chi connectivity index (χ0v) is 21.6. The minimum atomic E-state index is 0.629. The second-order valence-electron chi connectivity index (χ2n) is 7.05. The Balaban J connectivity index is 1.93. The van der Waals surface area contributed by atoms with Crippen molar-refractivity contribution in [2.75, 3.05) is 0 Å². The van der Waals surface area contributed by atoms with Crippen molar-refractivity contribution >= 4 is 47.8 Å². The van der Waals surface area contributed by atoms with E-state index in [-0.39, 0.29) is 0 Å². The highest BCUT2D eigenvalue weighted by atomic mass is 79.9. The number of rotatable bonds is 6. The molecule has 3 aromatic rings. The lowest BCUT2D eigenvalue weighted by Crippen LogP contribution is -2.33. The van der Waals surface area contributed by atoms with Crippen LogP contribution >= 0.6 is 47.8 Å². The molecule has 0 aliphatic rings. The van der Waals surface area contributed by atoms with E-state index in [1.807, 2.05) is 34.8 Å². The summed E-state index contributed by atoms with van der Waals surface area (Å²) >= 11 is 10.9. The summed E-state index contributed by atoms with van der Waals surface area (Å²) in [4.78, 5) is 2.27. The smallest absolute Gasteiger partial charge is 0.0962 e. The van der Waals surface area contributed by atoms with Gasteiger partial charge in [0.25, 0.3) is 0 Å². The molecule has 3 rings (SSSR count). The molecule has 0 bridgehead atoms. The van der Waals surface area contributed by atoms with Crippen molar-refractivity contribution in [3.63, 3.8) is 0 Å². The number of halogens is 3. The van der Waals surface area contributed by atoms with Gasteiger partial charge in [-0.15, -0.1) is 0 Å². The zero-order chi connectivity index (χ0) is 20.7. The van der Waals surface area contributed by atoms with Gasteiger partial charge in [0, 0.05) is 0 Å². The Bertz CT molecular complexity index is 886. The fourth-order valence-corrected chi connectivity index (χ4v) is 3.99. The summed E-state index contributed by atoms with van der Waals surface area (Å²) in [6.45, 7) is 14.1. The number of hydrogen-bond donors (Lipinski definition) is 0. The molecule has 0 aliphatic heterocycles. The molecule has 0 radical (unpaired) electrons. The van der Waals surface area contributed by atoms with Crippen LogP contribution in [0.15, 0.2) is 13.4 Å². The Labute approximate surface area is 190 Å². The van der Waals surface area contributed by atoms with E-state index in [9.17, 15) is 0 Å². The van der Waals surface area contributed by atoms with Crippen LogP contribution in [0.3, 0.4) is 0 Å². The van der Waals surface area contributed by atoms with Gasteiger partial charge in [-0.05, 0) is 89.3 Å². The van der Waals surface area contributed by atoms with Crippen LogP contribution in [0.25, 0.3) is 0 Å². The Morgan fingerprint density at radius 2 is 0.821 bits per heavy atom. The Kier molecular flexibility index (Phi) is 6.53. The van der Waals surface area contributed by atoms with Gasteiger partial charge in [0.15, 0.2) is 0 Å². The van der Waals surface area contributed by atoms with Crippen molar-refractivity contribution in [2.45, 2.75) is 61.5 Å². The largest absolute Gasteiger partial charge is 0.254 e. The highest BCUT2D eigenvalue weighted by molar-refractivity contribution is 9.11. The Morgan fingerprint density at radius 3 is 1.00 bits per heavy atom. The molecule has 0 aromatic carbocycles. The number of aryl methyl sites for hydroxylation is 3. The SMILES string of the molecule is Cc1nn(CN(Cn2nc(C)c(Br)c2C)Cn2nc(C)c(Br)c2C)c(C)c1Br. The fourth-order valence-electron chi connectivity index (χ4n) is 3.14. The summed E-state index contributed by atoms with van der Waals surface area (Å²) in [6, 6.07) is 0. The molecule has 0 atom stereocenters. The first-order valence-electron chi connectivity index (χ1n) is 8.91. The van der Waals surface area contributed by atoms with Crippen molar-refractivity contribution in [3.05, 3.63) is 47.6 Å². The fraction of sp³-hybridized carbons (Fsp3) is 0.500. The Hall–Kier alpha value is -0.970. The van der Waals surface area contributed by atoms with Gasteiger partial charge >= 0.3 is 0 Å². The quantitative estimate of drug-likeness (QED) is 0.414. The van der Waals surface area contributed by atoms with E-state index in [2.05, 4.69) is 88.8 Å². The first-order chi connectivity index (χ1) is 13.1. The number of nitrogens with zero attached hydrogens (tertiary/aromatic N) is 7. The van der Waals surface area contributed by atoms with E-state index in [0.717, 1.165) is 47.6 Å². The summed E-state index contributed by atoms with van der Waals surface area (Å²) in [5.74, 6) is 0. The second-order valence-corrected chi connectivity index (χ2v) is 9.43. The molecule has 152 valence electrons. The van der Waals surface area contributed by atoms with Crippen LogP contribution in [0.1, 0.15) is 34.2 Å². The van der Waals surface area contributed by atoms with Gasteiger partial charge in [-0.1, -0.05) is 0 Å². The molecule has 3 aromatic heterocycles. The zero-order valence-electron chi connectivity index (χ0n) is 16.9. The topological polar surface area (TPSA) is 56.7 Å². The van der Waals surface area contributed by atoms with E-state index < -0.39 is 0 Å². The van der Waals surface area contributed by atoms with E-state index in [1.54, 1.807) is 0 Å². The van der Waals surface area contributed by atoms with E-state index in [4.69, 9.17) is 0 Å². The number of aromatic nitrogens is 6. The molecule has 28 heavy (non-hydrogen) atoms. The van der Waals surface area contributed by atoms with Gasteiger partial charge in [0.05, 0.1) is 67.6 Å². The van der Waals surface area contributed by atoms with E-state index in [0.29, 0.717) is 20.0 Å². The molecule has 0 N–H and O–H groups in total. The van der Waals surface area contributed by atoms with Gasteiger partial charge < -0.3 is 0 Å². The first kappa shape index (κ1) is 21.7. The summed E-state index contributed by atoms with van der Waals surface area (Å²) < 4.78 is 9.20.